The third-order valence-corrected chi connectivity index (χ3v) is 6.40. The highest BCUT2D eigenvalue weighted by Crippen LogP contribution is 2.41. The van der Waals surface area contributed by atoms with Gasteiger partial charge in [0.1, 0.15) is 17.1 Å². The number of fused-ring (bicyclic) bond motifs is 1. The van der Waals surface area contributed by atoms with Gasteiger partial charge in [0.15, 0.2) is 0 Å². The lowest BCUT2D eigenvalue weighted by Crippen LogP contribution is -2.30. The summed E-state index contributed by atoms with van der Waals surface area (Å²) >= 11 is 0. The summed E-state index contributed by atoms with van der Waals surface area (Å²) < 4.78 is 17.5. The van der Waals surface area contributed by atoms with E-state index in [-0.39, 0.29) is 5.91 Å². The van der Waals surface area contributed by atoms with Crippen molar-refractivity contribution in [3.05, 3.63) is 53.8 Å². The summed E-state index contributed by atoms with van der Waals surface area (Å²) in [6.45, 7) is 8.18. The fourth-order valence-corrected chi connectivity index (χ4v) is 4.60. The number of rotatable bonds is 6. The molecule has 0 radical (unpaired) electrons. The monoisotopic (exact) mass is 447 g/mol. The largest absolute Gasteiger partial charge is 0.497 e. The van der Waals surface area contributed by atoms with Crippen molar-refractivity contribution in [3.8, 4) is 22.6 Å². The molecular formula is C28H33NO4. The molecule has 0 bridgehead atoms. The number of aryl methyl sites for hydroxylation is 1. The zero-order valence-corrected chi connectivity index (χ0v) is 20.1. The summed E-state index contributed by atoms with van der Waals surface area (Å²) in [5, 5.41) is 0.995. The number of carbonyl (C=O) groups excluding carboxylic acids is 1. The Bertz CT molecular complexity index is 1170. The van der Waals surface area contributed by atoms with Gasteiger partial charge in [-0.3, -0.25) is 4.79 Å². The zero-order chi connectivity index (χ0) is 23.4. The van der Waals surface area contributed by atoms with Crippen molar-refractivity contribution >= 4 is 22.4 Å². The van der Waals surface area contributed by atoms with E-state index in [4.69, 9.17) is 13.9 Å². The maximum atomic E-state index is 13.0. The number of furan rings is 1. The Morgan fingerprint density at radius 3 is 2.61 bits per heavy atom. The van der Waals surface area contributed by atoms with E-state index in [0.29, 0.717) is 6.61 Å². The van der Waals surface area contributed by atoms with Gasteiger partial charge in [-0.1, -0.05) is 25.0 Å². The maximum absolute atomic E-state index is 13.0. The van der Waals surface area contributed by atoms with Crippen molar-refractivity contribution in [2.45, 2.75) is 46.5 Å². The van der Waals surface area contributed by atoms with Gasteiger partial charge in [-0.15, -0.1) is 0 Å². The second kappa shape index (κ2) is 10.2. The van der Waals surface area contributed by atoms with E-state index in [0.717, 1.165) is 76.2 Å². The highest BCUT2D eigenvalue weighted by molar-refractivity contribution is 6.01. The molecule has 1 aliphatic rings. The minimum Gasteiger partial charge on any atom is -0.497 e. The van der Waals surface area contributed by atoms with Crippen LogP contribution in [0.3, 0.4) is 0 Å². The van der Waals surface area contributed by atoms with E-state index in [2.05, 4.69) is 6.07 Å². The van der Waals surface area contributed by atoms with E-state index < -0.39 is 0 Å². The quantitative estimate of drug-likeness (QED) is 0.398. The molecule has 0 unspecified atom stereocenters. The van der Waals surface area contributed by atoms with Gasteiger partial charge in [0, 0.05) is 41.2 Å². The lowest BCUT2D eigenvalue weighted by atomic mass is 9.96. The van der Waals surface area contributed by atoms with Crippen LogP contribution < -0.4 is 9.47 Å². The van der Waals surface area contributed by atoms with E-state index >= 15 is 0 Å². The second-order valence-corrected chi connectivity index (χ2v) is 8.64. The van der Waals surface area contributed by atoms with Gasteiger partial charge < -0.3 is 18.8 Å². The first kappa shape index (κ1) is 23.0. The smallest absolute Gasteiger partial charge is 0.246 e. The molecular weight excluding hydrogens is 414 g/mol. The first-order chi connectivity index (χ1) is 16.0. The number of ether oxygens (including phenoxy) is 2. The van der Waals surface area contributed by atoms with Gasteiger partial charge in [0.2, 0.25) is 5.91 Å². The van der Waals surface area contributed by atoms with Crippen LogP contribution in [-0.2, 0) is 4.79 Å². The van der Waals surface area contributed by atoms with Crippen LogP contribution in [-0.4, -0.2) is 37.6 Å². The van der Waals surface area contributed by atoms with Crippen molar-refractivity contribution in [2.75, 3.05) is 26.8 Å². The number of likely N-dealkylation sites (tertiary alicyclic amines) is 1. The van der Waals surface area contributed by atoms with Gasteiger partial charge in [-0.2, -0.15) is 0 Å². The molecule has 0 saturated carbocycles. The van der Waals surface area contributed by atoms with Crippen LogP contribution in [0, 0.1) is 6.92 Å². The Kier molecular flexibility index (Phi) is 7.07. The Morgan fingerprint density at radius 2 is 1.91 bits per heavy atom. The van der Waals surface area contributed by atoms with Crippen LogP contribution in [0.15, 0.2) is 47.1 Å². The van der Waals surface area contributed by atoms with Crippen molar-refractivity contribution in [1.29, 1.82) is 0 Å². The second-order valence-electron chi connectivity index (χ2n) is 8.64. The van der Waals surface area contributed by atoms with Gasteiger partial charge in [-0.25, -0.2) is 0 Å². The summed E-state index contributed by atoms with van der Waals surface area (Å²) in [6.07, 6.45) is 8.10. The van der Waals surface area contributed by atoms with E-state index in [1.807, 2.05) is 49.9 Å². The standard InChI is InChI=1S/C28H33NO4/c1-5-32-27-20(3)28-24(25(18-33-28)21-11-10-12-22(16-21)31-4)17-23(27)19(2)15-26(30)29-13-8-6-7-9-14-29/h10-12,15-18H,5-9,13-14H2,1-4H3/b19-15+. The Hall–Kier alpha value is -3.21. The first-order valence-corrected chi connectivity index (χ1v) is 11.8. The highest BCUT2D eigenvalue weighted by Gasteiger charge is 2.20. The molecule has 4 rings (SSSR count). The van der Waals surface area contributed by atoms with Gasteiger partial charge in [-0.05, 0) is 62.9 Å². The fourth-order valence-electron chi connectivity index (χ4n) is 4.60. The molecule has 3 aromatic rings. The number of amides is 1. The minimum atomic E-state index is 0.0785. The molecule has 0 spiro atoms. The molecule has 174 valence electrons. The normalized spacial score (nSPS) is 14.9. The molecule has 0 atom stereocenters. The molecule has 1 fully saturated rings. The average Bonchev–Trinajstić information content (AvgIpc) is 3.06. The zero-order valence-electron chi connectivity index (χ0n) is 20.1. The van der Waals surface area contributed by atoms with Gasteiger partial charge in [0.25, 0.3) is 0 Å². The number of nitrogens with zero attached hydrogens (tertiary/aromatic N) is 1. The van der Waals surface area contributed by atoms with E-state index in [1.165, 1.54) is 12.8 Å². The maximum Gasteiger partial charge on any atom is 0.246 e. The van der Waals surface area contributed by atoms with Crippen molar-refractivity contribution in [3.63, 3.8) is 0 Å². The van der Waals surface area contributed by atoms with Crippen LogP contribution in [0.25, 0.3) is 27.7 Å². The molecule has 1 aromatic heterocycles. The first-order valence-electron chi connectivity index (χ1n) is 11.8. The Morgan fingerprint density at radius 1 is 1.15 bits per heavy atom. The molecule has 5 nitrogen and oxygen atoms in total. The highest BCUT2D eigenvalue weighted by atomic mass is 16.5. The van der Waals surface area contributed by atoms with Crippen LogP contribution >= 0.6 is 0 Å². The molecule has 2 heterocycles. The topological polar surface area (TPSA) is 51.9 Å². The van der Waals surface area contributed by atoms with Crippen molar-refractivity contribution in [2.24, 2.45) is 0 Å². The van der Waals surface area contributed by atoms with Crippen molar-refractivity contribution < 1.29 is 18.7 Å². The lowest BCUT2D eigenvalue weighted by molar-refractivity contribution is -0.125. The number of carbonyl (C=O) groups is 1. The number of methoxy groups -OCH3 is 1. The van der Waals surface area contributed by atoms with Crippen LogP contribution in [0.4, 0.5) is 0 Å². The summed E-state index contributed by atoms with van der Waals surface area (Å²) in [5.74, 6) is 1.65. The van der Waals surface area contributed by atoms with Crippen LogP contribution in [0.5, 0.6) is 11.5 Å². The number of allylic oxidation sites excluding steroid dienone is 1. The Labute approximate surface area is 196 Å². The molecule has 0 N–H and O–H groups in total. The third-order valence-electron chi connectivity index (χ3n) is 6.40. The summed E-state index contributed by atoms with van der Waals surface area (Å²) in [7, 11) is 1.67. The molecule has 1 aliphatic heterocycles. The average molecular weight is 448 g/mol. The third kappa shape index (κ3) is 4.77. The van der Waals surface area contributed by atoms with Crippen LogP contribution in [0.1, 0.15) is 50.7 Å². The summed E-state index contributed by atoms with van der Waals surface area (Å²) in [4.78, 5) is 15.0. The number of hydrogen-bond donors (Lipinski definition) is 0. The lowest BCUT2D eigenvalue weighted by Gasteiger charge is -2.19. The number of hydrogen-bond acceptors (Lipinski definition) is 4. The molecule has 5 heteroatoms. The van der Waals surface area contributed by atoms with E-state index in [1.54, 1.807) is 19.4 Å². The molecule has 0 aliphatic carbocycles. The number of benzene rings is 2. The summed E-state index contributed by atoms with van der Waals surface area (Å²) in [6, 6.07) is 10.0. The Balaban J connectivity index is 1.80. The van der Waals surface area contributed by atoms with E-state index in [9.17, 15) is 4.79 Å². The van der Waals surface area contributed by atoms with Crippen molar-refractivity contribution in [1.82, 2.24) is 4.90 Å². The van der Waals surface area contributed by atoms with Gasteiger partial charge in [0.05, 0.1) is 20.0 Å². The van der Waals surface area contributed by atoms with Crippen LogP contribution in [0.2, 0.25) is 0 Å². The molecule has 2 aromatic carbocycles. The summed E-state index contributed by atoms with van der Waals surface area (Å²) in [5.41, 5.74) is 5.57. The molecule has 1 amide bonds. The molecule has 1 saturated heterocycles. The fraction of sp³-hybridized carbons (Fsp3) is 0.393. The van der Waals surface area contributed by atoms with Gasteiger partial charge >= 0.3 is 0 Å². The predicted molar refractivity (Wildman–Crippen MR) is 133 cm³/mol. The predicted octanol–water partition coefficient (Wildman–Crippen LogP) is 6.62. The minimum absolute atomic E-state index is 0.0785. The molecule has 33 heavy (non-hydrogen) atoms. The SMILES string of the molecule is CCOc1c(/C(C)=C/C(=O)N2CCCCCC2)cc2c(-c3cccc(OC)c3)coc2c1C.